The lowest BCUT2D eigenvalue weighted by Crippen LogP contribution is -2.40. The Balaban J connectivity index is 3.24. The lowest BCUT2D eigenvalue weighted by Gasteiger charge is -2.36. The molecule has 0 atom stereocenters. The second-order valence-electron chi connectivity index (χ2n) is 10.3. The summed E-state index contributed by atoms with van der Waals surface area (Å²) in [6.07, 6.45) is 7.39. The number of allylic oxidation sites excluding steroid dienone is 4. The average Bonchev–Trinajstić information content (AvgIpc) is 2.72. The summed E-state index contributed by atoms with van der Waals surface area (Å²) in [7, 11) is 1.35. The van der Waals surface area contributed by atoms with Gasteiger partial charge in [-0.25, -0.2) is 0 Å². The number of methoxy groups -OCH3 is 2. The highest BCUT2D eigenvalue weighted by Crippen LogP contribution is 2.38. The highest BCUT2D eigenvalue weighted by atomic mass is 28.4. The van der Waals surface area contributed by atoms with E-state index in [0.29, 0.717) is 18.1 Å². The quantitative estimate of drug-likeness (QED) is 0.158. The maximum atomic E-state index is 6.48. The highest BCUT2D eigenvalue weighted by molar-refractivity contribution is 6.74. The maximum Gasteiger partial charge on any atom is 0.192 e. The highest BCUT2D eigenvalue weighted by Gasteiger charge is 2.37. The molecule has 0 N–H and O–H groups in total. The zero-order chi connectivity index (χ0) is 25.1. The smallest absolute Gasteiger partial charge is 0.192 e. The lowest BCUT2D eigenvalue weighted by atomic mass is 10.0. The van der Waals surface area contributed by atoms with Gasteiger partial charge in [0.2, 0.25) is 0 Å². The Morgan fingerprint density at radius 3 is 2.15 bits per heavy atom. The van der Waals surface area contributed by atoms with Crippen molar-refractivity contribution < 1.29 is 23.4 Å². The van der Waals surface area contributed by atoms with Crippen molar-refractivity contribution in [2.45, 2.75) is 85.5 Å². The van der Waals surface area contributed by atoms with E-state index in [0.717, 1.165) is 30.4 Å². The standard InChI is InChI=1S/C27H46O5Si/c1-21(2)12-11-13-22(3)14-15-24-16-23(18-32-33(9,10)27(4,5)6)17-25(30-19-28-7)26(24)31-20-29-8/h12,14,16-17H,11,13,15,18-20H2,1-10H3/b22-14+. The third-order valence-corrected chi connectivity index (χ3v) is 10.5. The van der Waals surface area contributed by atoms with Crippen LogP contribution in [0.5, 0.6) is 11.5 Å². The van der Waals surface area contributed by atoms with E-state index in [2.05, 4.69) is 72.9 Å². The fourth-order valence-corrected chi connectivity index (χ4v) is 3.88. The van der Waals surface area contributed by atoms with Gasteiger partial charge in [0.1, 0.15) is 0 Å². The summed E-state index contributed by atoms with van der Waals surface area (Å²) in [6, 6.07) is 4.16. The molecule has 0 aliphatic rings. The zero-order valence-corrected chi connectivity index (χ0v) is 23.6. The van der Waals surface area contributed by atoms with Gasteiger partial charge in [0.25, 0.3) is 0 Å². The van der Waals surface area contributed by atoms with E-state index < -0.39 is 8.32 Å². The van der Waals surface area contributed by atoms with Crippen LogP contribution in [0.3, 0.4) is 0 Å². The van der Waals surface area contributed by atoms with Gasteiger partial charge in [0.15, 0.2) is 33.4 Å². The van der Waals surface area contributed by atoms with Crippen LogP contribution >= 0.6 is 0 Å². The van der Waals surface area contributed by atoms with Gasteiger partial charge < -0.3 is 23.4 Å². The third kappa shape index (κ3) is 10.5. The fraction of sp³-hybridized carbons (Fsp3) is 0.630. The van der Waals surface area contributed by atoms with Crippen LogP contribution < -0.4 is 9.47 Å². The van der Waals surface area contributed by atoms with E-state index in [9.17, 15) is 0 Å². The van der Waals surface area contributed by atoms with Gasteiger partial charge in [0, 0.05) is 19.8 Å². The van der Waals surface area contributed by atoms with Crippen LogP contribution in [0, 0.1) is 0 Å². The van der Waals surface area contributed by atoms with Crippen molar-refractivity contribution in [2.75, 3.05) is 27.8 Å². The molecule has 188 valence electrons. The van der Waals surface area contributed by atoms with Crippen LogP contribution in [-0.2, 0) is 26.9 Å². The van der Waals surface area contributed by atoms with Gasteiger partial charge in [-0.15, -0.1) is 0 Å². The summed E-state index contributed by atoms with van der Waals surface area (Å²) in [6.45, 7) is 18.6. The summed E-state index contributed by atoms with van der Waals surface area (Å²) in [5.74, 6) is 1.34. The number of hydrogen-bond acceptors (Lipinski definition) is 5. The van der Waals surface area contributed by atoms with Gasteiger partial charge in [-0.3, -0.25) is 0 Å². The molecule has 0 saturated heterocycles. The third-order valence-electron chi connectivity index (χ3n) is 6.01. The van der Waals surface area contributed by atoms with Crippen LogP contribution in [0.4, 0.5) is 0 Å². The molecule has 1 aromatic carbocycles. The van der Waals surface area contributed by atoms with Crippen molar-refractivity contribution in [3.8, 4) is 11.5 Å². The molecule has 33 heavy (non-hydrogen) atoms. The first-order valence-corrected chi connectivity index (χ1v) is 14.6. The predicted molar refractivity (Wildman–Crippen MR) is 140 cm³/mol. The summed E-state index contributed by atoms with van der Waals surface area (Å²) >= 11 is 0. The molecule has 1 rings (SSSR count). The predicted octanol–water partition coefficient (Wildman–Crippen LogP) is 7.41. The fourth-order valence-electron chi connectivity index (χ4n) is 2.92. The van der Waals surface area contributed by atoms with Gasteiger partial charge in [-0.05, 0) is 75.9 Å². The van der Waals surface area contributed by atoms with E-state index in [1.54, 1.807) is 14.2 Å². The molecule has 0 unspecified atom stereocenters. The van der Waals surface area contributed by atoms with Crippen molar-refractivity contribution in [2.24, 2.45) is 0 Å². The number of hydrogen-bond donors (Lipinski definition) is 0. The van der Waals surface area contributed by atoms with E-state index in [-0.39, 0.29) is 18.6 Å². The lowest BCUT2D eigenvalue weighted by molar-refractivity contribution is 0.0316. The van der Waals surface area contributed by atoms with E-state index >= 15 is 0 Å². The molecule has 0 spiro atoms. The summed E-state index contributed by atoms with van der Waals surface area (Å²) in [5, 5.41) is 0.151. The first-order valence-electron chi connectivity index (χ1n) is 11.7. The van der Waals surface area contributed by atoms with Crippen LogP contribution in [0.2, 0.25) is 18.1 Å². The van der Waals surface area contributed by atoms with Crippen LogP contribution in [0.1, 0.15) is 65.5 Å². The molecule has 5 nitrogen and oxygen atoms in total. The Morgan fingerprint density at radius 1 is 0.939 bits per heavy atom. The molecule has 0 heterocycles. The van der Waals surface area contributed by atoms with Crippen molar-refractivity contribution in [3.05, 3.63) is 46.6 Å². The summed E-state index contributed by atoms with van der Waals surface area (Å²) < 4.78 is 28.6. The van der Waals surface area contributed by atoms with Crippen molar-refractivity contribution >= 4 is 8.32 Å². The van der Waals surface area contributed by atoms with E-state index in [1.165, 1.54) is 11.1 Å². The Kier molecular flexibility index (Phi) is 12.4. The zero-order valence-electron chi connectivity index (χ0n) is 22.6. The Bertz CT molecular complexity index is 786. The Hall–Kier alpha value is -1.60. The Morgan fingerprint density at radius 2 is 1.58 bits per heavy atom. The normalized spacial score (nSPS) is 12.6. The molecule has 6 heteroatoms. The van der Waals surface area contributed by atoms with Gasteiger partial charge in [0.05, 0.1) is 6.61 Å². The number of benzene rings is 1. The maximum absolute atomic E-state index is 6.48. The molecule has 1 aromatic rings. The van der Waals surface area contributed by atoms with Crippen LogP contribution in [-0.4, -0.2) is 36.1 Å². The van der Waals surface area contributed by atoms with Gasteiger partial charge in [-0.1, -0.05) is 44.1 Å². The first kappa shape index (κ1) is 29.4. The van der Waals surface area contributed by atoms with Crippen molar-refractivity contribution in [3.63, 3.8) is 0 Å². The molecular formula is C27H46O5Si. The molecule has 0 aromatic heterocycles. The molecule has 0 aliphatic carbocycles. The minimum atomic E-state index is -1.88. The minimum Gasteiger partial charge on any atom is -0.464 e. The SMILES string of the molecule is COCOc1cc(CO[Si](C)(C)C(C)(C)C)cc(C/C=C(\C)CCC=C(C)C)c1OCOC. The number of ether oxygens (including phenoxy) is 4. The van der Waals surface area contributed by atoms with E-state index in [4.69, 9.17) is 23.4 Å². The topological polar surface area (TPSA) is 46.2 Å². The second-order valence-corrected chi connectivity index (χ2v) is 15.1. The van der Waals surface area contributed by atoms with Crippen molar-refractivity contribution in [1.82, 2.24) is 0 Å². The molecule has 0 amide bonds. The minimum absolute atomic E-state index is 0.146. The summed E-state index contributed by atoms with van der Waals surface area (Å²) in [5.41, 5.74) is 4.83. The van der Waals surface area contributed by atoms with Gasteiger partial charge >= 0.3 is 0 Å². The average molecular weight is 479 g/mol. The Labute approximate surface area is 203 Å². The molecule has 0 radical (unpaired) electrons. The molecule has 0 bridgehead atoms. The van der Waals surface area contributed by atoms with Crippen molar-refractivity contribution in [1.29, 1.82) is 0 Å². The van der Waals surface area contributed by atoms with Crippen LogP contribution in [0.25, 0.3) is 0 Å². The number of rotatable bonds is 14. The van der Waals surface area contributed by atoms with Crippen LogP contribution in [0.15, 0.2) is 35.4 Å². The first-order chi connectivity index (χ1) is 15.4. The van der Waals surface area contributed by atoms with Gasteiger partial charge in [-0.2, -0.15) is 0 Å². The summed E-state index contributed by atoms with van der Waals surface area (Å²) in [4.78, 5) is 0. The molecule has 0 aliphatic heterocycles. The monoisotopic (exact) mass is 478 g/mol. The molecular weight excluding hydrogens is 432 g/mol. The van der Waals surface area contributed by atoms with E-state index in [1.807, 2.05) is 6.07 Å². The molecule has 0 fully saturated rings. The molecule has 0 saturated carbocycles. The largest absolute Gasteiger partial charge is 0.464 e. The second kappa shape index (κ2) is 13.9.